The first-order valence-electron chi connectivity index (χ1n) is 8.28. The van der Waals surface area contributed by atoms with Gasteiger partial charge in [0.05, 0.1) is 16.4 Å². The van der Waals surface area contributed by atoms with Crippen LogP contribution in [0.25, 0.3) is 0 Å². The number of carbonyl (C=O) groups excluding carboxylic acids is 1. The molecule has 1 amide bonds. The molecule has 0 saturated carbocycles. The maximum Gasteiger partial charge on any atom is 0.263 e. The first kappa shape index (κ1) is 15.8. The number of piperidine rings is 1. The molecule has 0 bridgehead atoms. The first-order valence-corrected chi connectivity index (χ1v) is 9.10. The molecule has 2 aromatic heterocycles. The minimum Gasteiger partial charge on any atom is -0.425 e. The van der Waals surface area contributed by atoms with Crippen LogP contribution in [0.4, 0.5) is 0 Å². The Morgan fingerprint density at radius 1 is 1.38 bits per heavy atom. The Morgan fingerprint density at radius 3 is 2.88 bits per heavy atom. The van der Waals surface area contributed by atoms with Crippen LogP contribution in [-0.4, -0.2) is 46.8 Å². The number of carbonyl (C=O) groups is 1. The number of fused-ring (bicyclic) bond motifs is 1. The monoisotopic (exact) mass is 347 g/mol. The van der Waals surface area contributed by atoms with Crippen molar-refractivity contribution in [2.24, 2.45) is 0 Å². The van der Waals surface area contributed by atoms with E-state index in [1.807, 2.05) is 17.9 Å². The third kappa shape index (κ3) is 2.38. The molecule has 24 heavy (non-hydrogen) atoms. The van der Waals surface area contributed by atoms with E-state index in [1.54, 1.807) is 18.3 Å². The van der Waals surface area contributed by atoms with Gasteiger partial charge in [-0.3, -0.25) is 4.79 Å². The second kappa shape index (κ2) is 5.67. The summed E-state index contributed by atoms with van der Waals surface area (Å²) in [6.45, 7) is 7.84. The van der Waals surface area contributed by atoms with Gasteiger partial charge in [-0.25, -0.2) is 0 Å². The molecule has 7 heteroatoms. The quantitative estimate of drug-likeness (QED) is 0.835. The second-order valence-corrected chi connectivity index (χ2v) is 8.01. The van der Waals surface area contributed by atoms with Gasteiger partial charge in [0.15, 0.2) is 0 Å². The highest BCUT2D eigenvalue weighted by Crippen LogP contribution is 2.43. The van der Waals surface area contributed by atoms with Crippen molar-refractivity contribution in [3.8, 4) is 0 Å². The Balaban J connectivity index is 1.64. The van der Waals surface area contributed by atoms with E-state index in [0.29, 0.717) is 31.5 Å². The number of amides is 1. The number of nitrogens with zero attached hydrogens (tertiary/aromatic N) is 3. The highest BCUT2D eigenvalue weighted by Gasteiger charge is 2.53. The number of aromatic nitrogens is 2. The van der Waals surface area contributed by atoms with E-state index in [4.69, 9.17) is 9.15 Å². The van der Waals surface area contributed by atoms with Gasteiger partial charge in [0, 0.05) is 31.5 Å². The molecule has 0 spiro atoms. The van der Waals surface area contributed by atoms with Gasteiger partial charge in [0.25, 0.3) is 5.91 Å². The van der Waals surface area contributed by atoms with E-state index in [2.05, 4.69) is 17.1 Å². The predicted molar refractivity (Wildman–Crippen MR) is 89.4 cm³/mol. The van der Waals surface area contributed by atoms with Crippen LogP contribution in [0, 0.1) is 20.8 Å². The molecule has 4 heterocycles. The molecular weight excluding hydrogens is 326 g/mol. The summed E-state index contributed by atoms with van der Waals surface area (Å²) in [5, 5.41) is 8.24. The summed E-state index contributed by atoms with van der Waals surface area (Å²) >= 11 is 1.57. The molecule has 0 aromatic carbocycles. The molecule has 4 rings (SSSR count). The largest absolute Gasteiger partial charge is 0.425 e. The molecule has 2 aliphatic heterocycles. The summed E-state index contributed by atoms with van der Waals surface area (Å²) in [6.07, 6.45) is 1.66. The molecule has 2 saturated heterocycles. The lowest BCUT2D eigenvalue weighted by atomic mass is 9.76. The van der Waals surface area contributed by atoms with Gasteiger partial charge < -0.3 is 14.1 Å². The SMILES string of the molecule is Cc1nnc([C@@]23CCO[C@@H]2CCN(C(=O)c2cc(C)c(C)s2)C3)o1. The molecule has 0 radical (unpaired) electrons. The lowest BCUT2D eigenvalue weighted by Crippen LogP contribution is -2.54. The highest BCUT2D eigenvalue weighted by molar-refractivity contribution is 7.14. The molecule has 128 valence electrons. The van der Waals surface area contributed by atoms with Crippen molar-refractivity contribution in [3.05, 3.63) is 33.2 Å². The van der Waals surface area contributed by atoms with E-state index in [0.717, 1.165) is 17.7 Å². The summed E-state index contributed by atoms with van der Waals surface area (Å²) in [7, 11) is 0. The lowest BCUT2D eigenvalue weighted by molar-refractivity contribution is 0.00987. The number of ether oxygens (including phenoxy) is 1. The highest BCUT2D eigenvalue weighted by atomic mass is 32.1. The van der Waals surface area contributed by atoms with Gasteiger partial charge in [-0.05, 0) is 38.3 Å². The molecule has 2 aliphatic rings. The van der Waals surface area contributed by atoms with E-state index < -0.39 is 0 Å². The van der Waals surface area contributed by atoms with E-state index in [9.17, 15) is 4.79 Å². The van der Waals surface area contributed by atoms with Crippen molar-refractivity contribution in [2.75, 3.05) is 19.7 Å². The summed E-state index contributed by atoms with van der Waals surface area (Å²) in [5.74, 6) is 1.26. The Kier molecular flexibility index (Phi) is 3.73. The number of thiophene rings is 1. The maximum absolute atomic E-state index is 13.0. The van der Waals surface area contributed by atoms with Crippen LogP contribution in [0.5, 0.6) is 0 Å². The minimum atomic E-state index is -0.365. The summed E-state index contributed by atoms with van der Waals surface area (Å²) < 4.78 is 11.7. The fourth-order valence-corrected chi connectivity index (χ4v) is 4.76. The first-order chi connectivity index (χ1) is 11.5. The van der Waals surface area contributed by atoms with Gasteiger partial charge in [-0.15, -0.1) is 21.5 Å². The molecule has 0 unspecified atom stereocenters. The van der Waals surface area contributed by atoms with Crippen LogP contribution in [0.3, 0.4) is 0 Å². The van der Waals surface area contributed by atoms with E-state index in [1.165, 1.54) is 10.4 Å². The summed E-state index contributed by atoms with van der Waals surface area (Å²) in [6, 6.07) is 1.99. The third-order valence-corrected chi connectivity index (χ3v) is 6.37. The van der Waals surface area contributed by atoms with Crippen molar-refractivity contribution in [1.29, 1.82) is 0 Å². The number of hydrogen-bond acceptors (Lipinski definition) is 6. The smallest absolute Gasteiger partial charge is 0.263 e. The zero-order chi connectivity index (χ0) is 16.9. The van der Waals surface area contributed by atoms with Gasteiger partial charge in [-0.2, -0.15) is 0 Å². The Hall–Kier alpha value is -1.73. The average molecular weight is 347 g/mol. The Morgan fingerprint density at radius 2 is 2.21 bits per heavy atom. The number of aryl methyl sites for hydroxylation is 3. The van der Waals surface area contributed by atoms with Crippen LogP contribution in [-0.2, 0) is 10.2 Å². The molecule has 6 nitrogen and oxygen atoms in total. The minimum absolute atomic E-state index is 0.0493. The van der Waals surface area contributed by atoms with Gasteiger partial charge in [-0.1, -0.05) is 0 Å². The van der Waals surface area contributed by atoms with Gasteiger partial charge in [0.2, 0.25) is 11.8 Å². The normalized spacial score (nSPS) is 26.6. The van der Waals surface area contributed by atoms with Crippen molar-refractivity contribution in [3.63, 3.8) is 0 Å². The Bertz CT molecular complexity index is 764. The van der Waals surface area contributed by atoms with Crippen LogP contribution in [0.15, 0.2) is 10.5 Å². The molecule has 2 aromatic rings. The zero-order valence-electron chi connectivity index (χ0n) is 14.2. The molecule has 0 aliphatic carbocycles. The maximum atomic E-state index is 13.0. The predicted octanol–water partition coefficient (Wildman–Crippen LogP) is 2.63. The second-order valence-electron chi connectivity index (χ2n) is 6.76. The molecule has 2 atom stereocenters. The van der Waals surface area contributed by atoms with Crippen LogP contribution in [0.1, 0.15) is 44.7 Å². The topological polar surface area (TPSA) is 68.5 Å². The van der Waals surface area contributed by atoms with Crippen molar-refractivity contribution in [1.82, 2.24) is 15.1 Å². The van der Waals surface area contributed by atoms with Crippen molar-refractivity contribution < 1.29 is 13.9 Å². The fraction of sp³-hybridized carbons (Fsp3) is 0.588. The van der Waals surface area contributed by atoms with E-state index in [-0.39, 0.29) is 17.4 Å². The standard InChI is InChI=1S/C17H21N3O3S/c1-10-8-13(24-11(10)2)15(21)20-6-4-14-17(9-20,5-7-22-14)16-19-18-12(3)23-16/h8,14H,4-7,9H2,1-3H3/t14-,17-/m1/s1. The summed E-state index contributed by atoms with van der Waals surface area (Å²) in [5.41, 5.74) is 0.806. The number of likely N-dealkylation sites (tertiary alicyclic amines) is 1. The van der Waals surface area contributed by atoms with Crippen LogP contribution in [0.2, 0.25) is 0 Å². The number of rotatable bonds is 2. The molecule has 0 N–H and O–H groups in total. The summed E-state index contributed by atoms with van der Waals surface area (Å²) in [4.78, 5) is 16.9. The lowest BCUT2D eigenvalue weighted by Gasteiger charge is -2.41. The average Bonchev–Trinajstić information content (AvgIpc) is 3.26. The van der Waals surface area contributed by atoms with Crippen molar-refractivity contribution >= 4 is 17.2 Å². The van der Waals surface area contributed by atoms with Gasteiger partial charge >= 0.3 is 0 Å². The molecule has 2 fully saturated rings. The van der Waals surface area contributed by atoms with E-state index >= 15 is 0 Å². The molecular formula is C17H21N3O3S. The Labute approximate surface area is 144 Å². The fourth-order valence-electron chi connectivity index (χ4n) is 3.75. The number of hydrogen-bond donors (Lipinski definition) is 0. The third-order valence-electron chi connectivity index (χ3n) is 5.23. The van der Waals surface area contributed by atoms with Crippen LogP contribution >= 0.6 is 11.3 Å². The van der Waals surface area contributed by atoms with Crippen LogP contribution < -0.4 is 0 Å². The van der Waals surface area contributed by atoms with Crippen molar-refractivity contribution in [2.45, 2.75) is 45.1 Å². The zero-order valence-corrected chi connectivity index (χ0v) is 15.0. The van der Waals surface area contributed by atoms with Gasteiger partial charge in [0.1, 0.15) is 0 Å².